The van der Waals surface area contributed by atoms with Gasteiger partial charge in [-0.15, -0.1) is 0 Å². The van der Waals surface area contributed by atoms with Crippen LogP contribution in [-0.2, 0) is 0 Å². The molecule has 0 saturated carbocycles. The molecule has 4 nitrogen and oxygen atoms in total. The summed E-state index contributed by atoms with van der Waals surface area (Å²) >= 11 is 0. The second-order valence-electron chi connectivity index (χ2n) is 5.25. The Balaban J connectivity index is 2.14. The topological polar surface area (TPSA) is 49.6 Å². The molecule has 0 atom stereocenters. The van der Waals surface area contributed by atoms with Gasteiger partial charge in [-0.2, -0.15) is 0 Å². The predicted octanol–water partition coefficient (Wildman–Crippen LogP) is 1.66. The van der Waals surface area contributed by atoms with Crippen LogP contribution in [0.5, 0.6) is 0 Å². The number of carbonyl (C=O) groups excluding carboxylic acids is 1. The van der Waals surface area contributed by atoms with Crippen LogP contribution in [0.15, 0.2) is 12.1 Å². The van der Waals surface area contributed by atoms with Gasteiger partial charge in [0.05, 0.1) is 0 Å². The summed E-state index contributed by atoms with van der Waals surface area (Å²) in [5, 5.41) is 0. The zero-order valence-electron chi connectivity index (χ0n) is 12.1. The SMILES string of the molecule is CCN1CCN(C(=O)c2cc(N)c(C)cc2C)CC1. The fraction of sp³-hybridized carbons (Fsp3) is 0.533. The highest BCUT2D eigenvalue weighted by Gasteiger charge is 2.22. The number of nitrogens with zero attached hydrogens (tertiary/aromatic N) is 2. The highest BCUT2D eigenvalue weighted by molar-refractivity contribution is 5.96. The van der Waals surface area contributed by atoms with Crippen LogP contribution < -0.4 is 5.73 Å². The Labute approximate surface area is 115 Å². The second kappa shape index (κ2) is 5.61. The van der Waals surface area contributed by atoms with E-state index in [0.29, 0.717) is 5.69 Å². The minimum absolute atomic E-state index is 0.111. The van der Waals surface area contributed by atoms with E-state index in [0.717, 1.165) is 49.4 Å². The van der Waals surface area contributed by atoms with Crippen LogP contribution in [0.2, 0.25) is 0 Å². The number of nitrogen functional groups attached to an aromatic ring is 1. The van der Waals surface area contributed by atoms with Crippen LogP contribution in [0, 0.1) is 13.8 Å². The molecule has 1 aliphatic rings. The van der Waals surface area contributed by atoms with E-state index in [4.69, 9.17) is 5.73 Å². The smallest absolute Gasteiger partial charge is 0.254 e. The molecule has 1 saturated heterocycles. The third-order valence-electron chi connectivity index (χ3n) is 3.95. The van der Waals surface area contributed by atoms with Gasteiger partial charge in [-0.3, -0.25) is 4.79 Å². The van der Waals surface area contributed by atoms with Gasteiger partial charge in [-0.05, 0) is 37.6 Å². The number of anilines is 1. The van der Waals surface area contributed by atoms with Gasteiger partial charge < -0.3 is 15.5 Å². The quantitative estimate of drug-likeness (QED) is 0.824. The van der Waals surface area contributed by atoms with Crippen molar-refractivity contribution in [3.8, 4) is 0 Å². The molecule has 0 spiro atoms. The van der Waals surface area contributed by atoms with Crippen molar-refractivity contribution in [1.29, 1.82) is 0 Å². The average Bonchev–Trinajstić information content (AvgIpc) is 2.42. The van der Waals surface area contributed by atoms with E-state index in [1.807, 2.05) is 30.9 Å². The molecule has 1 heterocycles. The lowest BCUT2D eigenvalue weighted by Gasteiger charge is -2.34. The molecule has 19 heavy (non-hydrogen) atoms. The van der Waals surface area contributed by atoms with Crippen molar-refractivity contribution in [2.45, 2.75) is 20.8 Å². The first-order valence-corrected chi connectivity index (χ1v) is 6.91. The highest BCUT2D eigenvalue weighted by Crippen LogP contribution is 2.20. The van der Waals surface area contributed by atoms with E-state index in [1.54, 1.807) is 0 Å². The van der Waals surface area contributed by atoms with Crippen LogP contribution >= 0.6 is 0 Å². The molecule has 1 aromatic carbocycles. The largest absolute Gasteiger partial charge is 0.398 e. The number of likely N-dealkylation sites (N-methyl/N-ethyl adjacent to an activating group) is 1. The van der Waals surface area contributed by atoms with E-state index < -0.39 is 0 Å². The number of hydrogen-bond acceptors (Lipinski definition) is 3. The molecule has 1 aromatic rings. The molecule has 1 aliphatic heterocycles. The molecular formula is C15H23N3O. The van der Waals surface area contributed by atoms with E-state index in [1.165, 1.54) is 0 Å². The van der Waals surface area contributed by atoms with E-state index >= 15 is 0 Å². The number of amides is 1. The van der Waals surface area contributed by atoms with E-state index in [2.05, 4.69) is 11.8 Å². The Bertz CT molecular complexity index is 477. The summed E-state index contributed by atoms with van der Waals surface area (Å²) in [6.45, 7) is 10.7. The lowest BCUT2D eigenvalue weighted by atomic mass is 10.0. The Kier molecular flexibility index (Phi) is 4.10. The Morgan fingerprint density at radius 3 is 2.37 bits per heavy atom. The number of benzene rings is 1. The number of hydrogen-bond donors (Lipinski definition) is 1. The number of aryl methyl sites for hydroxylation is 2. The number of carbonyl (C=O) groups is 1. The number of piperazine rings is 1. The summed E-state index contributed by atoms with van der Waals surface area (Å²) in [4.78, 5) is 16.8. The summed E-state index contributed by atoms with van der Waals surface area (Å²) in [5.74, 6) is 0.111. The van der Waals surface area contributed by atoms with Gasteiger partial charge in [0.2, 0.25) is 0 Å². The van der Waals surface area contributed by atoms with Gasteiger partial charge in [0, 0.05) is 37.4 Å². The zero-order chi connectivity index (χ0) is 14.0. The third kappa shape index (κ3) is 2.89. The fourth-order valence-corrected chi connectivity index (χ4v) is 2.54. The molecule has 0 aromatic heterocycles. The second-order valence-corrected chi connectivity index (χ2v) is 5.25. The van der Waals surface area contributed by atoms with Crippen molar-refractivity contribution >= 4 is 11.6 Å². The van der Waals surface area contributed by atoms with Crippen LogP contribution in [-0.4, -0.2) is 48.4 Å². The molecule has 1 amide bonds. The minimum Gasteiger partial charge on any atom is -0.398 e. The Morgan fingerprint density at radius 1 is 1.16 bits per heavy atom. The van der Waals surface area contributed by atoms with Gasteiger partial charge in [-0.1, -0.05) is 13.0 Å². The minimum atomic E-state index is 0.111. The summed E-state index contributed by atoms with van der Waals surface area (Å²) in [6, 6.07) is 3.81. The van der Waals surface area contributed by atoms with E-state index in [-0.39, 0.29) is 5.91 Å². The maximum absolute atomic E-state index is 12.5. The van der Waals surface area contributed by atoms with Crippen molar-refractivity contribution in [3.63, 3.8) is 0 Å². The van der Waals surface area contributed by atoms with Gasteiger partial charge in [0.15, 0.2) is 0 Å². The van der Waals surface area contributed by atoms with Gasteiger partial charge in [-0.25, -0.2) is 0 Å². The normalized spacial score (nSPS) is 16.7. The Morgan fingerprint density at radius 2 is 1.79 bits per heavy atom. The number of nitrogens with two attached hydrogens (primary N) is 1. The van der Waals surface area contributed by atoms with Crippen molar-refractivity contribution in [2.24, 2.45) is 0 Å². The van der Waals surface area contributed by atoms with Crippen LogP contribution in [0.1, 0.15) is 28.4 Å². The average molecular weight is 261 g/mol. The van der Waals surface area contributed by atoms with Gasteiger partial charge in [0.1, 0.15) is 0 Å². The third-order valence-corrected chi connectivity index (χ3v) is 3.95. The summed E-state index contributed by atoms with van der Waals surface area (Å²) < 4.78 is 0. The molecule has 2 N–H and O–H groups in total. The van der Waals surface area contributed by atoms with Crippen LogP contribution in [0.25, 0.3) is 0 Å². The maximum Gasteiger partial charge on any atom is 0.254 e. The summed E-state index contributed by atoms with van der Waals surface area (Å²) in [5.41, 5.74) is 9.40. The van der Waals surface area contributed by atoms with Gasteiger partial charge >= 0.3 is 0 Å². The fourth-order valence-electron chi connectivity index (χ4n) is 2.54. The number of rotatable bonds is 2. The van der Waals surface area contributed by atoms with Crippen molar-refractivity contribution < 1.29 is 4.79 Å². The summed E-state index contributed by atoms with van der Waals surface area (Å²) in [7, 11) is 0. The van der Waals surface area contributed by atoms with E-state index in [9.17, 15) is 4.79 Å². The molecule has 0 bridgehead atoms. The summed E-state index contributed by atoms with van der Waals surface area (Å²) in [6.07, 6.45) is 0. The maximum atomic E-state index is 12.5. The lowest BCUT2D eigenvalue weighted by molar-refractivity contribution is 0.0642. The van der Waals surface area contributed by atoms with Crippen LogP contribution in [0.3, 0.4) is 0 Å². The highest BCUT2D eigenvalue weighted by atomic mass is 16.2. The molecule has 1 fully saturated rings. The lowest BCUT2D eigenvalue weighted by Crippen LogP contribution is -2.48. The molecule has 4 heteroatoms. The Hall–Kier alpha value is -1.55. The van der Waals surface area contributed by atoms with Gasteiger partial charge in [0.25, 0.3) is 5.91 Å². The first kappa shape index (κ1) is 13.9. The standard InChI is InChI=1S/C15H23N3O/c1-4-17-5-7-18(8-6-17)15(19)13-10-14(16)12(3)9-11(13)2/h9-10H,4-8,16H2,1-3H3. The first-order chi connectivity index (χ1) is 9.02. The molecular weight excluding hydrogens is 238 g/mol. The molecule has 0 radical (unpaired) electrons. The molecule has 2 rings (SSSR count). The molecule has 0 aliphatic carbocycles. The first-order valence-electron chi connectivity index (χ1n) is 6.91. The molecule has 0 unspecified atom stereocenters. The monoisotopic (exact) mass is 261 g/mol. The zero-order valence-corrected chi connectivity index (χ0v) is 12.1. The van der Waals surface area contributed by atoms with Crippen molar-refractivity contribution in [2.75, 3.05) is 38.5 Å². The van der Waals surface area contributed by atoms with Crippen molar-refractivity contribution in [1.82, 2.24) is 9.80 Å². The molecule has 104 valence electrons. The van der Waals surface area contributed by atoms with Crippen molar-refractivity contribution in [3.05, 3.63) is 28.8 Å². The van der Waals surface area contributed by atoms with Crippen LogP contribution in [0.4, 0.5) is 5.69 Å². The predicted molar refractivity (Wildman–Crippen MR) is 78.3 cm³/mol.